The number of esters is 1. The molecule has 0 saturated heterocycles. The van der Waals surface area contributed by atoms with Crippen molar-refractivity contribution < 1.29 is 32.6 Å². The van der Waals surface area contributed by atoms with Crippen LogP contribution in [0.25, 0.3) is 0 Å². The lowest BCUT2D eigenvalue weighted by Crippen LogP contribution is -2.52. The van der Waals surface area contributed by atoms with Gasteiger partial charge in [0.15, 0.2) is 6.04 Å². The highest BCUT2D eigenvalue weighted by molar-refractivity contribution is 5.87. The smallest absolute Gasteiger partial charge is 0.467 e. The van der Waals surface area contributed by atoms with Gasteiger partial charge in [-0.15, -0.1) is 0 Å². The van der Waals surface area contributed by atoms with Gasteiger partial charge in [0.2, 0.25) is 0 Å². The minimum Gasteiger partial charge on any atom is -0.467 e. The van der Waals surface area contributed by atoms with Crippen molar-refractivity contribution in [2.75, 3.05) is 7.11 Å². The number of rotatable bonds is 3. The SMILES string of the molecule is COC(=O)[C@@H](NC(=O)C(F)(F)F)[C@H](C)O. The Kier molecular flexibility index (Phi) is 4.53. The van der Waals surface area contributed by atoms with Crippen LogP contribution in [0.5, 0.6) is 0 Å². The summed E-state index contributed by atoms with van der Waals surface area (Å²) in [6.45, 7) is 1.05. The Hall–Kier alpha value is -1.31. The molecule has 2 atom stereocenters. The van der Waals surface area contributed by atoms with E-state index in [2.05, 4.69) is 4.74 Å². The average Bonchev–Trinajstić information content (AvgIpc) is 2.10. The molecule has 0 rings (SSSR count). The van der Waals surface area contributed by atoms with E-state index in [4.69, 9.17) is 5.11 Å². The Morgan fingerprint density at radius 3 is 2.13 bits per heavy atom. The minimum absolute atomic E-state index is 0.928. The molecule has 0 saturated carbocycles. The van der Waals surface area contributed by atoms with Crippen molar-refractivity contribution in [1.29, 1.82) is 0 Å². The molecule has 88 valence electrons. The Morgan fingerprint density at radius 1 is 1.40 bits per heavy atom. The zero-order valence-corrected chi connectivity index (χ0v) is 7.96. The van der Waals surface area contributed by atoms with Gasteiger partial charge in [0.05, 0.1) is 13.2 Å². The molecule has 0 aliphatic carbocycles. The van der Waals surface area contributed by atoms with Gasteiger partial charge >= 0.3 is 18.1 Å². The topological polar surface area (TPSA) is 75.6 Å². The first kappa shape index (κ1) is 13.7. The number of ether oxygens (including phenoxy) is 1. The molecular weight excluding hydrogens is 219 g/mol. The van der Waals surface area contributed by atoms with E-state index in [1.54, 1.807) is 0 Å². The van der Waals surface area contributed by atoms with Gasteiger partial charge in [0, 0.05) is 0 Å². The predicted octanol–water partition coefficient (Wildman–Crippen LogP) is -0.413. The molecule has 0 aromatic carbocycles. The summed E-state index contributed by atoms with van der Waals surface area (Å²) in [7, 11) is 0.928. The molecule has 5 nitrogen and oxygen atoms in total. The number of hydrogen-bond donors (Lipinski definition) is 2. The third kappa shape index (κ3) is 4.15. The van der Waals surface area contributed by atoms with E-state index in [1.165, 1.54) is 5.32 Å². The number of amides is 1. The lowest BCUT2D eigenvalue weighted by Gasteiger charge is -2.19. The van der Waals surface area contributed by atoms with E-state index in [-0.39, 0.29) is 0 Å². The van der Waals surface area contributed by atoms with Crippen molar-refractivity contribution >= 4 is 11.9 Å². The fourth-order valence-corrected chi connectivity index (χ4v) is 0.727. The predicted molar refractivity (Wildman–Crippen MR) is 41.7 cm³/mol. The number of alkyl halides is 3. The summed E-state index contributed by atoms with van der Waals surface area (Å²) < 4.78 is 39.5. The van der Waals surface area contributed by atoms with E-state index in [1.807, 2.05) is 0 Å². The van der Waals surface area contributed by atoms with Crippen molar-refractivity contribution in [2.24, 2.45) is 0 Å². The summed E-state index contributed by atoms with van der Waals surface area (Å²) in [6, 6.07) is -1.73. The zero-order valence-electron chi connectivity index (χ0n) is 7.96. The third-order valence-electron chi connectivity index (χ3n) is 1.48. The van der Waals surface area contributed by atoms with Crippen molar-refractivity contribution in [3.8, 4) is 0 Å². The van der Waals surface area contributed by atoms with Gasteiger partial charge in [0.1, 0.15) is 0 Å². The van der Waals surface area contributed by atoms with Crippen molar-refractivity contribution in [2.45, 2.75) is 25.2 Å². The third-order valence-corrected chi connectivity index (χ3v) is 1.48. The number of aliphatic hydroxyl groups is 1. The lowest BCUT2D eigenvalue weighted by atomic mass is 10.2. The monoisotopic (exact) mass is 229 g/mol. The molecule has 1 amide bonds. The largest absolute Gasteiger partial charge is 0.471 e. The summed E-state index contributed by atoms with van der Waals surface area (Å²) in [6.07, 6.45) is -6.59. The molecule has 0 radical (unpaired) electrons. The van der Waals surface area contributed by atoms with Crippen LogP contribution in [0.2, 0.25) is 0 Å². The molecule has 0 aromatic heterocycles. The molecule has 0 spiro atoms. The maximum atomic E-state index is 11.8. The highest BCUT2D eigenvalue weighted by Crippen LogP contribution is 2.15. The normalized spacial score (nSPS) is 15.3. The molecule has 0 aliphatic heterocycles. The number of aliphatic hydroxyl groups excluding tert-OH is 1. The maximum absolute atomic E-state index is 11.8. The summed E-state index contributed by atoms with van der Waals surface area (Å²) in [5.74, 6) is -3.46. The second kappa shape index (κ2) is 4.96. The fraction of sp³-hybridized carbons (Fsp3) is 0.714. The fourth-order valence-electron chi connectivity index (χ4n) is 0.727. The van der Waals surface area contributed by atoms with E-state index in [0.29, 0.717) is 0 Å². The molecule has 0 heterocycles. The number of halogens is 3. The first-order valence-electron chi connectivity index (χ1n) is 3.83. The summed E-state index contributed by atoms with van der Waals surface area (Å²) in [5.41, 5.74) is 0. The summed E-state index contributed by atoms with van der Waals surface area (Å²) in [5, 5.41) is 10.3. The highest BCUT2D eigenvalue weighted by Gasteiger charge is 2.41. The van der Waals surface area contributed by atoms with Crippen LogP contribution in [-0.2, 0) is 14.3 Å². The van der Waals surface area contributed by atoms with Crippen LogP contribution in [0.4, 0.5) is 13.2 Å². The van der Waals surface area contributed by atoms with Gasteiger partial charge in [-0.3, -0.25) is 4.79 Å². The van der Waals surface area contributed by atoms with Gasteiger partial charge < -0.3 is 15.2 Å². The molecule has 0 bridgehead atoms. The first-order valence-corrected chi connectivity index (χ1v) is 3.83. The Balaban J connectivity index is 4.57. The molecule has 0 aliphatic rings. The number of nitrogens with one attached hydrogen (secondary N) is 1. The first-order chi connectivity index (χ1) is 6.70. The van der Waals surface area contributed by atoms with Gasteiger partial charge in [0.25, 0.3) is 0 Å². The van der Waals surface area contributed by atoms with Crippen LogP contribution in [0.15, 0.2) is 0 Å². The zero-order chi connectivity index (χ0) is 12.2. The molecule has 8 heteroatoms. The second-order valence-corrected chi connectivity index (χ2v) is 2.71. The molecule has 0 unspecified atom stereocenters. The number of carbonyl (C=O) groups excluding carboxylic acids is 2. The lowest BCUT2D eigenvalue weighted by molar-refractivity contribution is -0.176. The van der Waals surface area contributed by atoms with E-state index in [0.717, 1.165) is 14.0 Å². The molecule has 0 aromatic rings. The Bertz CT molecular complexity index is 251. The standard InChI is InChI=1S/C7H10F3NO4/c1-3(12)4(5(13)15-2)11-6(14)7(8,9)10/h3-4,12H,1-2H3,(H,11,14)/t3-,4-/m0/s1. The van der Waals surface area contributed by atoms with Crippen LogP contribution in [0, 0.1) is 0 Å². The van der Waals surface area contributed by atoms with Crippen LogP contribution in [0.3, 0.4) is 0 Å². The van der Waals surface area contributed by atoms with Crippen LogP contribution in [-0.4, -0.2) is 42.4 Å². The number of carbonyl (C=O) groups is 2. The maximum Gasteiger partial charge on any atom is 0.471 e. The van der Waals surface area contributed by atoms with Gasteiger partial charge in [-0.05, 0) is 6.92 Å². The van der Waals surface area contributed by atoms with E-state index >= 15 is 0 Å². The average molecular weight is 229 g/mol. The van der Waals surface area contributed by atoms with E-state index in [9.17, 15) is 22.8 Å². The van der Waals surface area contributed by atoms with Crippen molar-refractivity contribution in [1.82, 2.24) is 5.32 Å². The second-order valence-electron chi connectivity index (χ2n) is 2.71. The molecular formula is C7H10F3NO4. The number of methoxy groups -OCH3 is 1. The van der Waals surface area contributed by atoms with Gasteiger partial charge in [-0.25, -0.2) is 4.79 Å². The molecule has 15 heavy (non-hydrogen) atoms. The van der Waals surface area contributed by atoms with Gasteiger partial charge in [-0.1, -0.05) is 0 Å². The van der Waals surface area contributed by atoms with Crippen LogP contribution >= 0.6 is 0 Å². The van der Waals surface area contributed by atoms with Gasteiger partial charge in [-0.2, -0.15) is 13.2 Å². The molecule has 2 N–H and O–H groups in total. The van der Waals surface area contributed by atoms with Crippen LogP contribution < -0.4 is 5.32 Å². The highest BCUT2D eigenvalue weighted by atomic mass is 19.4. The van der Waals surface area contributed by atoms with E-state index < -0.39 is 30.2 Å². The van der Waals surface area contributed by atoms with Crippen molar-refractivity contribution in [3.05, 3.63) is 0 Å². The number of hydrogen-bond acceptors (Lipinski definition) is 4. The van der Waals surface area contributed by atoms with Crippen molar-refractivity contribution in [3.63, 3.8) is 0 Å². The Morgan fingerprint density at radius 2 is 1.87 bits per heavy atom. The quantitative estimate of drug-likeness (QED) is 0.645. The van der Waals surface area contributed by atoms with Crippen LogP contribution in [0.1, 0.15) is 6.92 Å². The Labute approximate surface area is 83.2 Å². The summed E-state index contributed by atoms with van der Waals surface area (Å²) in [4.78, 5) is 21.3. The molecule has 0 fully saturated rings. The summed E-state index contributed by atoms with van der Waals surface area (Å²) >= 11 is 0. The minimum atomic E-state index is -5.11.